The van der Waals surface area contributed by atoms with Crippen molar-refractivity contribution in [3.8, 4) is 0 Å². The molecule has 2 N–H and O–H groups in total. The third-order valence-electron chi connectivity index (χ3n) is 3.82. The average molecular weight is 280 g/mol. The van der Waals surface area contributed by atoms with E-state index in [0.717, 1.165) is 13.0 Å². The van der Waals surface area contributed by atoms with E-state index in [1.54, 1.807) is 0 Å². The Morgan fingerprint density at radius 1 is 1.16 bits per heavy atom. The first kappa shape index (κ1) is 15.0. The first-order chi connectivity index (χ1) is 8.80. The zero-order valence-electron chi connectivity index (χ0n) is 13.0. The van der Waals surface area contributed by atoms with Crippen LogP contribution in [0.1, 0.15) is 57.2 Å². The summed E-state index contributed by atoms with van der Waals surface area (Å²) in [5.41, 5.74) is 0.451. The van der Waals surface area contributed by atoms with E-state index in [9.17, 15) is 0 Å². The van der Waals surface area contributed by atoms with Gasteiger partial charge in [0.05, 0.1) is 0 Å². The van der Waals surface area contributed by atoms with Gasteiger partial charge in [-0.3, -0.25) is 0 Å². The lowest BCUT2D eigenvalue weighted by Gasteiger charge is -2.46. The molecule has 0 unspecified atom stereocenters. The van der Waals surface area contributed by atoms with Gasteiger partial charge < -0.3 is 10.6 Å². The van der Waals surface area contributed by atoms with Crippen LogP contribution in [0, 0.1) is 0 Å². The van der Waals surface area contributed by atoms with Gasteiger partial charge >= 0.3 is 0 Å². The monoisotopic (exact) mass is 280 g/mol. The Balaban J connectivity index is 1.91. The standard InChI is InChI=1S/C16H28N2S/c1-6-13-7-8-14(19-13)11-17-12-9-15(2,3)18-16(4,5)10-12/h7-8,12,17-18H,6,9-11H2,1-5H3. The normalized spacial score (nSPS) is 22.6. The van der Waals surface area contributed by atoms with E-state index in [-0.39, 0.29) is 11.1 Å². The SMILES string of the molecule is CCc1ccc(CNC2CC(C)(C)NC(C)(C)C2)s1. The second-order valence-corrected chi connectivity index (χ2v) is 8.35. The van der Waals surface area contributed by atoms with Gasteiger partial charge in [-0.1, -0.05) is 6.92 Å². The van der Waals surface area contributed by atoms with Gasteiger partial charge in [0.25, 0.3) is 0 Å². The van der Waals surface area contributed by atoms with Gasteiger partial charge in [-0.25, -0.2) is 0 Å². The molecule has 2 nitrogen and oxygen atoms in total. The molecule has 1 saturated heterocycles. The summed E-state index contributed by atoms with van der Waals surface area (Å²) in [5.74, 6) is 0. The van der Waals surface area contributed by atoms with Gasteiger partial charge in [0, 0.05) is 33.4 Å². The van der Waals surface area contributed by atoms with Crippen LogP contribution < -0.4 is 10.6 Å². The van der Waals surface area contributed by atoms with Crippen LogP contribution in [-0.4, -0.2) is 17.1 Å². The third-order valence-corrected chi connectivity index (χ3v) is 5.05. The van der Waals surface area contributed by atoms with Crippen molar-refractivity contribution in [3.05, 3.63) is 21.9 Å². The second-order valence-electron chi connectivity index (χ2n) is 7.10. The Labute approximate surface area is 122 Å². The summed E-state index contributed by atoms with van der Waals surface area (Å²) in [6.07, 6.45) is 3.54. The van der Waals surface area contributed by atoms with E-state index < -0.39 is 0 Å². The fourth-order valence-electron chi connectivity index (χ4n) is 3.42. The van der Waals surface area contributed by atoms with Crippen LogP contribution >= 0.6 is 11.3 Å². The van der Waals surface area contributed by atoms with Gasteiger partial charge in [-0.05, 0) is 59.1 Å². The Morgan fingerprint density at radius 3 is 2.26 bits per heavy atom. The van der Waals surface area contributed by atoms with Crippen LogP contribution in [0.5, 0.6) is 0 Å². The molecule has 1 aliphatic heterocycles. The van der Waals surface area contributed by atoms with Crippen molar-refractivity contribution in [2.45, 2.75) is 77.5 Å². The van der Waals surface area contributed by atoms with Crippen LogP contribution in [0.4, 0.5) is 0 Å². The maximum Gasteiger partial charge on any atom is 0.0302 e. The van der Waals surface area contributed by atoms with Gasteiger partial charge in [0.1, 0.15) is 0 Å². The van der Waals surface area contributed by atoms with E-state index in [1.807, 2.05) is 11.3 Å². The van der Waals surface area contributed by atoms with Crippen molar-refractivity contribution in [3.63, 3.8) is 0 Å². The van der Waals surface area contributed by atoms with Crippen molar-refractivity contribution < 1.29 is 0 Å². The molecule has 0 amide bonds. The van der Waals surface area contributed by atoms with Gasteiger partial charge in [-0.15, -0.1) is 11.3 Å². The zero-order valence-corrected chi connectivity index (χ0v) is 13.8. The quantitative estimate of drug-likeness (QED) is 0.878. The lowest BCUT2D eigenvalue weighted by Crippen LogP contribution is -2.61. The summed E-state index contributed by atoms with van der Waals surface area (Å²) in [4.78, 5) is 2.95. The highest BCUT2D eigenvalue weighted by Gasteiger charge is 2.37. The van der Waals surface area contributed by atoms with Crippen molar-refractivity contribution in [2.24, 2.45) is 0 Å². The Hall–Kier alpha value is -0.380. The first-order valence-corrected chi connectivity index (χ1v) is 8.22. The van der Waals surface area contributed by atoms with E-state index >= 15 is 0 Å². The fourth-order valence-corrected chi connectivity index (χ4v) is 4.33. The number of thiophene rings is 1. The lowest BCUT2D eigenvalue weighted by molar-refractivity contribution is 0.146. The van der Waals surface area contributed by atoms with Gasteiger partial charge in [-0.2, -0.15) is 0 Å². The maximum atomic E-state index is 3.76. The molecule has 0 radical (unpaired) electrons. The summed E-state index contributed by atoms with van der Waals surface area (Å²) in [7, 11) is 0. The predicted molar refractivity (Wildman–Crippen MR) is 84.9 cm³/mol. The molecule has 2 rings (SSSR count). The van der Waals surface area contributed by atoms with Crippen molar-refractivity contribution in [1.82, 2.24) is 10.6 Å². The van der Waals surface area contributed by atoms with Gasteiger partial charge in [0.15, 0.2) is 0 Å². The molecule has 1 aliphatic rings. The van der Waals surface area contributed by atoms with Crippen LogP contribution in [0.25, 0.3) is 0 Å². The molecule has 1 fully saturated rings. The summed E-state index contributed by atoms with van der Waals surface area (Å²) in [5, 5.41) is 7.49. The summed E-state index contributed by atoms with van der Waals surface area (Å²) >= 11 is 1.94. The molecule has 0 bridgehead atoms. The number of piperidine rings is 1. The maximum absolute atomic E-state index is 3.76. The zero-order chi connectivity index (χ0) is 14.1. The second kappa shape index (κ2) is 5.55. The summed E-state index contributed by atoms with van der Waals surface area (Å²) in [6.45, 7) is 12.5. The Bertz CT molecular complexity index is 404. The number of hydrogen-bond donors (Lipinski definition) is 2. The highest BCUT2D eigenvalue weighted by molar-refractivity contribution is 7.11. The van der Waals surface area contributed by atoms with Crippen molar-refractivity contribution >= 4 is 11.3 Å². The summed E-state index contributed by atoms with van der Waals surface area (Å²) in [6, 6.07) is 5.14. The molecular formula is C16H28N2S. The lowest BCUT2D eigenvalue weighted by atomic mass is 9.79. The number of rotatable bonds is 4. The minimum atomic E-state index is 0.226. The van der Waals surface area contributed by atoms with Crippen LogP contribution in [0.2, 0.25) is 0 Å². The molecule has 0 spiro atoms. The molecular weight excluding hydrogens is 252 g/mol. The van der Waals surface area contributed by atoms with Gasteiger partial charge in [0.2, 0.25) is 0 Å². The Kier molecular flexibility index (Phi) is 4.38. The van der Waals surface area contributed by atoms with E-state index in [4.69, 9.17) is 0 Å². The highest BCUT2D eigenvalue weighted by atomic mass is 32.1. The smallest absolute Gasteiger partial charge is 0.0302 e. The molecule has 3 heteroatoms. The minimum absolute atomic E-state index is 0.226. The molecule has 108 valence electrons. The third kappa shape index (κ3) is 4.30. The van der Waals surface area contributed by atoms with E-state index in [0.29, 0.717) is 6.04 Å². The molecule has 1 aromatic heterocycles. The molecule has 0 atom stereocenters. The highest BCUT2D eigenvalue weighted by Crippen LogP contribution is 2.29. The van der Waals surface area contributed by atoms with Crippen LogP contribution in [-0.2, 0) is 13.0 Å². The number of nitrogens with one attached hydrogen (secondary N) is 2. The predicted octanol–water partition coefficient (Wildman–Crippen LogP) is 3.71. The molecule has 0 saturated carbocycles. The minimum Gasteiger partial charge on any atom is -0.309 e. The summed E-state index contributed by atoms with van der Waals surface area (Å²) < 4.78 is 0. The van der Waals surface area contributed by atoms with E-state index in [1.165, 1.54) is 22.6 Å². The molecule has 19 heavy (non-hydrogen) atoms. The molecule has 1 aromatic rings. The topological polar surface area (TPSA) is 24.1 Å². The molecule has 2 heterocycles. The largest absolute Gasteiger partial charge is 0.309 e. The molecule has 0 aromatic carbocycles. The van der Waals surface area contributed by atoms with Crippen LogP contribution in [0.3, 0.4) is 0 Å². The average Bonchev–Trinajstić information content (AvgIpc) is 2.70. The number of aryl methyl sites for hydroxylation is 1. The fraction of sp³-hybridized carbons (Fsp3) is 0.750. The Morgan fingerprint density at radius 2 is 1.74 bits per heavy atom. The van der Waals surface area contributed by atoms with E-state index in [2.05, 4.69) is 57.4 Å². The molecule has 0 aliphatic carbocycles. The first-order valence-electron chi connectivity index (χ1n) is 7.40. The number of hydrogen-bond acceptors (Lipinski definition) is 3. The van der Waals surface area contributed by atoms with Crippen molar-refractivity contribution in [2.75, 3.05) is 0 Å². The van der Waals surface area contributed by atoms with Crippen LogP contribution in [0.15, 0.2) is 12.1 Å². The van der Waals surface area contributed by atoms with Crippen molar-refractivity contribution in [1.29, 1.82) is 0 Å².